The molecular formula is C9H17ClN4O2S. The molecule has 1 aromatic rings. The third-order valence-electron chi connectivity index (χ3n) is 2.77. The summed E-state index contributed by atoms with van der Waals surface area (Å²) in [7, 11) is -3.44. The molecule has 6 nitrogen and oxygen atoms in total. The van der Waals surface area contributed by atoms with Crippen molar-refractivity contribution in [2.75, 3.05) is 13.1 Å². The Labute approximate surface area is 107 Å². The smallest absolute Gasteiger partial charge is 0.262 e. The Morgan fingerprint density at radius 1 is 1.59 bits per heavy atom. The fourth-order valence-corrected chi connectivity index (χ4v) is 3.20. The van der Waals surface area contributed by atoms with E-state index in [1.165, 1.54) is 10.6 Å². The highest BCUT2D eigenvalue weighted by molar-refractivity contribution is 7.89. The standard InChI is InChI=1S/C9H16N4O2S.ClH/c1-2-12-6-9(11-7-12)16(14,15)13-4-3-8(10)5-13;/h6-8H,2-5,10H2,1H3;1H/t8-;/m0./s1. The molecule has 1 aromatic heterocycles. The molecule has 98 valence electrons. The molecule has 17 heavy (non-hydrogen) atoms. The summed E-state index contributed by atoms with van der Waals surface area (Å²) in [6.45, 7) is 3.52. The molecule has 0 spiro atoms. The zero-order chi connectivity index (χ0) is 11.8. The largest absolute Gasteiger partial charge is 0.336 e. The van der Waals surface area contributed by atoms with Crippen LogP contribution in [0.5, 0.6) is 0 Å². The van der Waals surface area contributed by atoms with Crippen LogP contribution in [-0.2, 0) is 16.6 Å². The summed E-state index contributed by atoms with van der Waals surface area (Å²) in [4.78, 5) is 3.92. The number of nitrogens with two attached hydrogens (primary N) is 1. The molecule has 1 aliphatic rings. The van der Waals surface area contributed by atoms with E-state index >= 15 is 0 Å². The maximum absolute atomic E-state index is 12.1. The van der Waals surface area contributed by atoms with Crippen LogP contribution in [0, 0.1) is 0 Å². The first-order chi connectivity index (χ1) is 7.54. The summed E-state index contributed by atoms with van der Waals surface area (Å²) >= 11 is 0. The average Bonchev–Trinajstić information content (AvgIpc) is 2.85. The van der Waals surface area contributed by atoms with Gasteiger partial charge in [0.1, 0.15) is 0 Å². The molecule has 0 aliphatic carbocycles. The van der Waals surface area contributed by atoms with Crippen LogP contribution in [0.25, 0.3) is 0 Å². The lowest BCUT2D eigenvalue weighted by atomic mass is 10.3. The van der Waals surface area contributed by atoms with Crippen molar-refractivity contribution in [2.45, 2.75) is 31.0 Å². The minimum Gasteiger partial charge on any atom is -0.336 e. The van der Waals surface area contributed by atoms with Gasteiger partial charge >= 0.3 is 0 Å². The Morgan fingerprint density at radius 2 is 2.29 bits per heavy atom. The van der Waals surface area contributed by atoms with E-state index in [4.69, 9.17) is 5.73 Å². The molecule has 0 unspecified atom stereocenters. The zero-order valence-electron chi connectivity index (χ0n) is 9.61. The molecule has 0 aromatic carbocycles. The lowest BCUT2D eigenvalue weighted by Crippen LogP contribution is -2.32. The van der Waals surface area contributed by atoms with Gasteiger partial charge in [-0.25, -0.2) is 13.4 Å². The second kappa shape index (κ2) is 5.34. The van der Waals surface area contributed by atoms with Gasteiger partial charge in [-0.15, -0.1) is 12.4 Å². The van der Waals surface area contributed by atoms with E-state index in [0.29, 0.717) is 26.1 Å². The zero-order valence-corrected chi connectivity index (χ0v) is 11.2. The first kappa shape index (κ1) is 14.4. The van der Waals surface area contributed by atoms with Gasteiger partial charge in [0.25, 0.3) is 10.0 Å². The van der Waals surface area contributed by atoms with Crippen LogP contribution in [-0.4, -0.2) is 41.4 Å². The quantitative estimate of drug-likeness (QED) is 0.848. The van der Waals surface area contributed by atoms with Crippen molar-refractivity contribution in [3.63, 3.8) is 0 Å². The van der Waals surface area contributed by atoms with E-state index in [-0.39, 0.29) is 23.5 Å². The van der Waals surface area contributed by atoms with Gasteiger partial charge in [0, 0.05) is 31.9 Å². The van der Waals surface area contributed by atoms with E-state index in [1.807, 2.05) is 6.92 Å². The van der Waals surface area contributed by atoms with Crippen LogP contribution in [0.1, 0.15) is 13.3 Å². The Morgan fingerprint density at radius 3 is 2.76 bits per heavy atom. The van der Waals surface area contributed by atoms with Gasteiger partial charge in [-0.2, -0.15) is 4.31 Å². The number of hydrogen-bond donors (Lipinski definition) is 1. The van der Waals surface area contributed by atoms with Crippen LogP contribution in [0.2, 0.25) is 0 Å². The van der Waals surface area contributed by atoms with Crippen LogP contribution >= 0.6 is 12.4 Å². The van der Waals surface area contributed by atoms with E-state index < -0.39 is 10.0 Å². The molecule has 8 heteroatoms. The number of hydrogen-bond acceptors (Lipinski definition) is 4. The van der Waals surface area contributed by atoms with Crippen molar-refractivity contribution in [2.24, 2.45) is 5.73 Å². The average molecular weight is 281 g/mol. The molecule has 2 N–H and O–H groups in total. The van der Waals surface area contributed by atoms with Gasteiger partial charge in [0.05, 0.1) is 6.33 Å². The number of nitrogens with zero attached hydrogens (tertiary/aromatic N) is 3. The molecule has 1 saturated heterocycles. The van der Waals surface area contributed by atoms with Crippen molar-refractivity contribution >= 4 is 22.4 Å². The number of aromatic nitrogens is 2. The normalized spacial score (nSPS) is 21.4. The topological polar surface area (TPSA) is 81.2 Å². The monoisotopic (exact) mass is 280 g/mol. The first-order valence-corrected chi connectivity index (χ1v) is 6.75. The molecular weight excluding hydrogens is 264 g/mol. The predicted molar refractivity (Wildman–Crippen MR) is 66.5 cm³/mol. The summed E-state index contributed by atoms with van der Waals surface area (Å²) < 4.78 is 27.3. The molecule has 0 amide bonds. The molecule has 1 fully saturated rings. The summed E-state index contributed by atoms with van der Waals surface area (Å²) in [6, 6.07) is -0.0527. The molecule has 0 bridgehead atoms. The van der Waals surface area contributed by atoms with Crippen LogP contribution in [0.3, 0.4) is 0 Å². The van der Waals surface area contributed by atoms with E-state index in [2.05, 4.69) is 4.98 Å². The molecule has 0 saturated carbocycles. The van der Waals surface area contributed by atoms with E-state index in [0.717, 1.165) is 0 Å². The lowest BCUT2D eigenvalue weighted by molar-refractivity contribution is 0.470. The van der Waals surface area contributed by atoms with Crippen LogP contribution in [0.15, 0.2) is 17.6 Å². The molecule has 1 aliphatic heterocycles. The van der Waals surface area contributed by atoms with Gasteiger partial charge in [0.2, 0.25) is 0 Å². The summed E-state index contributed by atoms with van der Waals surface area (Å²) in [6.07, 6.45) is 3.80. The number of sulfonamides is 1. The van der Waals surface area contributed by atoms with Crippen molar-refractivity contribution in [1.29, 1.82) is 0 Å². The summed E-state index contributed by atoms with van der Waals surface area (Å²) in [5.74, 6) is 0. The highest BCUT2D eigenvalue weighted by Crippen LogP contribution is 2.18. The number of rotatable bonds is 3. The maximum Gasteiger partial charge on any atom is 0.262 e. The Balaban J connectivity index is 0.00000144. The fraction of sp³-hybridized carbons (Fsp3) is 0.667. The van der Waals surface area contributed by atoms with Gasteiger partial charge in [-0.3, -0.25) is 0 Å². The SMILES string of the molecule is CCn1cnc(S(=O)(=O)N2CC[C@H](N)C2)c1.Cl. The molecule has 0 radical (unpaired) electrons. The third-order valence-corrected chi connectivity index (χ3v) is 4.52. The number of aryl methyl sites for hydroxylation is 1. The highest BCUT2D eigenvalue weighted by Gasteiger charge is 2.32. The van der Waals surface area contributed by atoms with Crippen molar-refractivity contribution < 1.29 is 8.42 Å². The van der Waals surface area contributed by atoms with Gasteiger partial charge in [-0.05, 0) is 13.3 Å². The van der Waals surface area contributed by atoms with Gasteiger partial charge < -0.3 is 10.3 Å². The summed E-state index contributed by atoms with van der Waals surface area (Å²) in [5, 5.41) is 0.114. The van der Waals surface area contributed by atoms with Crippen LogP contribution < -0.4 is 5.73 Å². The highest BCUT2D eigenvalue weighted by atomic mass is 35.5. The Bertz CT molecular complexity index is 473. The van der Waals surface area contributed by atoms with Crippen molar-refractivity contribution in [1.82, 2.24) is 13.9 Å². The third kappa shape index (κ3) is 2.79. The summed E-state index contributed by atoms with van der Waals surface area (Å²) in [5.41, 5.74) is 5.70. The van der Waals surface area contributed by atoms with Gasteiger partial charge in [-0.1, -0.05) is 0 Å². The molecule has 2 heterocycles. The second-order valence-corrected chi connectivity index (χ2v) is 5.84. The first-order valence-electron chi connectivity index (χ1n) is 5.31. The van der Waals surface area contributed by atoms with Crippen LogP contribution in [0.4, 0.5) is 0 Å². The Hall–Kier alpha value is -0.630. The number of halogens is 1. The van der Waals surface area contributed by atoms with Gasteiger partial charge in [0.15, 0.2) is 5.03 Å². The number of imidazole rings is 1. The second-order valence-electron chi connectivity index (χ2n) is 3.95. The molecule has 2 rings (SSSR count). The van der Waals surface area contributed by atoms with Crippen molar-refractivity contribution in [3.8, 4) is 0 Å². The maximum atomic E-state index is 12.1. The Kier molecular flexibility index (Phi) is 4.54. The molecule has 1 atom stereocenters. The lowest BCUT2D eigenvalue weighted by Gasteiger charge is -2.13. The van der Waals surface area contributed by atoms with E-state index in [1.54, 1.807) is 10.8 Å². The minimum atomic E-state index is -3.44. The predicted octanol–water partition coefficient (Wildman–Crippen LogP) is 0.0465. The minimum absolute atomic E-state index is 0. The van der Waals surface area contributed by atoms with E-state index in [9.17, 15) is 8.42 Å². The fourth-order valence-electron chi connectivity index (χ4n) is 1.75. The van der Waals surface area contributed by atoms with Crippen molar-refractivity contribution in [3.05, 3.63) is 12.5 Å².